The zero-order valence-electron chi connectivity index (χ0n) is 18.9. The van der Waals surface area contributed by atoms with Crippen molar-refractivity contribution in [1.29, 1.82) is 0 Å². The molecule has 3 aliphatic rings. The van der Waals surface area contributed by atoms with Gasteiger partial charge in [-0.05, 0) is 49.3 Å². The van der Waals surface area contributed by atoms with Gasteiger partial charge in [0, 0.05) is 39.1 Å². The second kappa shape index (κ2) is 10.5. The molecule has 1 aromatic rings. The van der Waals surface area contributed by atoms with E-state index in [1.165, 1.54) is 32.1 Å². The van der Waals surface area contributed by atoms with Crippen LogP contribution in [0.15, 0.2) is 24.3 Å². The Balaban J connectivity index is 1.26. The summed E-state index contributed by atoms with van der Waals surface area (Å²) >= 11 is 0. The predicted molar refractivity (Wildman–Crippen MR) is 121 cm³/mol. The van der Waals surface area contributed by atoms with E-state index in [0.717, 1.165) is 63.3 Å². The van der Waals surface area contributed by atoms with Crippen molar-refractivity contribution in [3.05, 3.63) is 29.8 Å². The lowest BCUT2D eigenvalue weighted by Gasteiger charge is -2.36. The molecule has 1 aromatic carbocycles. The van der Waals surface area contributed by atoms with Crippen LogP contribution in [0, 0.1) is 5.92 Å². The van der Waals surface area contributed by atoms with Crippen LogP contribution < -0.4 is 4.74 Å². The third kappa shape index (κ3) is 5.59. The maximum Gasteiger partial charge on any atom is 0.237 e. The standard InChI is InChI=1S/C25H37N3O3/c1-31-22-10-5-9-21(18-22)23-11-6-12-28(23)25(30)19-26-13-15-27(16-14-26)24(29)17-20-7-3-2-4-8-20/h5,9-10,18,20,23H,2-4,6-8,11-17,19H2,1H3. The van der Waals surface area contributed by atoms with Crippen molar-refractivity contribution >= 4 is 11.8 Å². The molecule has 2 heterocycles. The van der Waals surface area contributed by atoms with Gasteiger partial charge in [-0.25, -0.2) is 0 Å². The van der Waals surface area contributed by atoms with Gasteiger partial charge in [0.05, 0.1) is 19.7 Å². The number of carbonyl (C=O) groups excluding carboxylic acids is 2. The number of carbonyl (C=O) groups is 2. The molecule has 6 heteroatoms. The Kier molecular flexibility index (Phi) is 7.49. The van der Waals surface area contributed by atoms with Gasteiger partial charge in [0.15, 0.2) is 0 Å². The molecule has 6 nitrogen and oxygen atoms in total. The molecule has 0 radical (unpaired) electrons. The van der Waals surface area contributed by atoms with Crippen molar-refractivity contribution in [2.45, 2.75) is 57.4 Å². The minimum absolute atomic E-state index is 0.140. The van der Waals surface area contributed by atoms with Crippen LogP contribution in [0.4, 0.5) is 0 Å². The highest BCUT2D eigenvalue weighted by Gasteiger charge is 2.32. The second-order valence-electron chi connectivity index (χ2n) is 9.39. The molecule has 1 aliphatic carbocycles. The van der Waals surface area contributed by atoms with E-state index in [4.69, 9.17) is 4.74 Å². The van der Waals surface area contributed by atoms with Gasteiger partial charge in [0.1, 0.15) is 5.75 Å². The number of hydrogen-bond donors (Lipinski definition) is 0. The molecule has 2 aliphatic heterocycles. The van der Waals surface area contributed by atoms with Gasteiger partial charge in [-0.15, -0.1) is 0 Å². The number of methoxy groups -OCH3 is 1. The smallest absolute Gasteiger partial charge is 0.237 e. The summed E-state index contributed by atoms with van der Waals surface area (Å²) in [6.07, 6.45) is 9.07. The normalized spacial score (nSPS) is 23.2. The van der Waals surface area contributed by atoms with E-state index in [2.05, 4.69) is 11.0 Å². The van der Waals surface area contributed by atoms with Crippen LogP contribution in [0.1, 0.15) is 63.0 Å². The van der Waals surface area contributed by atoms with Crippen molar-refractivity contribution < 1.29 is 14.3 Å². The molecule has 170 valence electrons. The lowest BCUT2D eigenvalue weighted by atomic mass is 9.86. The number of amides is 2. The Morgan fingerprint density at radius 1 is 0.935 bits per heavy atom. The highest BCUT2D eigenvalue weighted by Crippen LogP contribution is 2.33. The number of piperazine rings is 1. The largest absolute Gasteiger partial charge is 0.497 e. The maximum absolute atomic E-state index is 13.1. The fraction of sp³-hybridized carbons (Fsp3) is 0.680. The van der Waals surface area contributed by atoms with E-state index in [9.17, 15) is 9.59 Å². The number of ether oxygens (including phenoxy) is 1. The third-order valence-electron chi connectivity index (χ3n) is 7.32. The van der Waals surface area contributed by atoms with Crippen molar-refractivity contribution in [2.24, 2.45) is 5.92 Å². The van der Waals surface area contributed by atoms with Gasteiger partial charge in [-0.3, -0.25) is 14.5 Å². The van der Waals surface area contributed by atoms with E-state index in [-0.39, 0.29) is 11.9 Å². The van der Waals surface area contributed by atoms with Gasteiger partial charge in [0.25, 0.3) is 0 Å². The average molecular weight is 428 g/mol. The summed E-state index contributed by atoms with van der Waals surface area (Å²) in [5.74, 6) is 1.94. The first-order valence-electron chi connectivity index (χ1n) is 12.1. The Bertz CT molecular complexity index is 754. The fourth-order valence-electron chi connectivity index (χ4n) is 5.47. The van der Waals surface area contributed by atoms with Crippen molar-refractivity contribution in [1.82, 2.24) is 14.7 Å². The number of rotatable bonds is 6. The molecule has 0 spiro atoms. The summed E-state index contributed by atoms with van der Waals surface area (Å²) in [6, 6.07) is 8.22. The first-order valence-corrected chi connectivity index (χ1v) is 12.1. The minimum Gasteiger partial charge on any atom is -0.497 e. The van der Waals surface area contributed by atoms with Gasteiger partial charge >= 0.3 is 0 Å². The Morgan fingerprint density at radius 2 is 1.71 bits per heavy atom. The summed E-state index contributed by atoms with van der Waals surface area (Å²) in [4.78, 5) is 32.1. The number of nitrogens with zero attached hydrogens (tertiary/aromatic N) is 3. The lowest BCUT2D eigenvalue weighted by Crippen LogP contribution is -2.51. The fourth-order valence-corrected chi connectivity index (χ4v) is 5.47. The quantitative estimate of drug-likeness (QED) is 0.698. The van der Waals surface area contributed by atoms with Crippen LogP contribution in [0.25, 0.3) is 0 Å². The Hall–Kier alpha value is -2.08. The maximum atomic E-state index is 13.1. The van der Waals surface area contributed by atoms with E-state index in [1.54, 1.807) is 7.11 Å². The topological polar surface area (TPSA) is 53.1 Å². The van der Waals surface area contributed by atoms with Crippen LogP contribution in [-0.4, -0.2) is 72.9 Å². The van der Waals surface area contributed by atoms with Gasteiger partial charge in [0.2, 0.25) is 11.8 Å². The highest BCUT2D eigenvalue weighted by molar-refractivity contribution is 5.79. The predicted octanol–water partition coefficient (Wildman–Crippen LogP) is 3.47. The average Bonchev–Trinajstić information content (AvgIpc) is 3.30. The number of hydrogen-bond acceptors (Lipinski definition) is 4. The Labute approximate surface area is 186 Å². The van der Waals surface area contributed by atoms with Crippen molar-refractivity contribution in [2.75, 3.05) is 46.4 Å². The van der Waals surface area contributed by atoms with Gasteiger partial charge in [-0.2, -0.15) is 0 Å². The van der Waals surface area contributed by atoms with Crippen LogP contribution in [0.2, 0.25) is 0 Å². The summed E-state index contributed by atoms with van der Waals surface area (Å²) in [5, 5.41) is 0. The summed E-state index contributed by atoms with van der Waals surface area (Å²) in [6.45, 7) is 4.35. The molecule has 3 fully saturated rings. The van der Waals surface area contributed by atoms with E-state index < -0.39 is 0 Å². The van der Waals surface area contributed by atoms with Gasteiger partial charge < -0.3 is 14.5 Å². The molecular weight excluding hydrogens is 390 g/mol. The van der Waals surface area contributed by atoms with Crippen LogP contribution in [-0.2, 0) is 9.59 Å². The molecule has 1 saturated carbocycles. The first-order chi connectivity index (χ1) is 15.1. The summed E-state index contributed by atoms with van der Waals surface area (Å²) in [7, 11) is 1.68. The second-order valence-corrected chi connectivity index (χ2v) is 9.39. The molecule has 31 heavy (non-hydrogen) atoms. The monoisotopic (exact) mass is 427 g/mol. The zero-order chi connectivity index (χ0) is 21.6. The summed E-state index contributed by atoms with van der Waals surface area (Å²) < 4.78 is 5.36. The SMILES string of the molecule is COc1cccc(C2CCCN2C(=O)CN2CCN(C(=O)CC3CCCCC3)CC2)c1. The molecule has 0 N–H and O–H groups in total. The molecule has 1 atom stereocenters. The van der Waals surface area contributed by atoms with E-state index in [1.807, 2.05) is 28.0 Å². The molecule has 0 aromatic heterocycles. The number of likely N-dealkylation sites (tertiary alicyclic amines) is 1. The molecule has 0 bridgehead atoms. The van der Waals surface area contributed by atoms with Crippen LogP contribution in [0.5, 0.6) is 5.75 Å². The Morgan fingerprint density at radius 3 is 2.45 bits per heavy atom. The third-order valence-corrected chi connectivity index (χ3v) is 7.32. The van der Waals surface area contributed by atoms with Crippen molar-refractivity contribution in [3.8, 4) is 5.75 Å². The minimum atomic E-state index is 0.140. The van der Waals surface area contributed by atoms with E-state index in [0.29, 0.717) is 18.4 Å². The molecular formula is C25H37N3O3. The zero-order valence-corrected chi connectivity index (χ0v) is 18.9. The first kappa shape index (κ1) is 22.1. The molecule has 2 amide bonds. The summed E-state index contributed by atoms with van der Waals surface area (Å²) in [5.41, 5.74) is 1.16. The number of benzene rings is 1. The molecule has 4 rings (SSSR count). The van der Waals surface area contributed by atoms with Gasteiger partial charge in [-0.1, -0.05) is 31.4 Å². The van der Waals surface area contributed by atoms with Crippen LogP contribution >= 0.6 is 0 Å². The van der Waals surface area contributed by atoms with Crippen molar-refractivity contribution in [3.63, 3.8) is 0 Å². The van der Waals surface area contributed by atoms with Crippen LogP contribution in [0.3, 0.4) is 0 Å². The molecule has 1 unspecified atom stereocenters. The molecule has 2 saturated heterocycles. The highest BCUT2D eigenvalue weighted by atomic mass is 16.5. The lowest BCUT2D eigenvalue weighted by molar-refractivity contribution is -0.136. The van der Waals surface area contributed by atoms with E-state index >= 15 is 0 Å².